The molecule has 2 heteroatoms. The monoisotopic (exact) mass is 152 g/mol. The third-order valence-electron chi connectivity index (χ3n) is 1.19. The first-order valence-electron chi connectivity index (χ1n) is 2.79. The van der Waals surface area contributed by atoms with Crippen LogP contribution in [0.4, 0.5) is 0 Å². The molecule has 0 bridgehead atoms. The fourth-order valence-electron chi connectivity index (χ4n) is 0.685. The molecule has 0 atom stereocenters. The van der Waals surface area contributed by atoms with Gasteiger partial charge < -0.3 is 0 Å². The highest BCUT2D eigenvalue weighted by atomic mass is 35.5. The SMILES string of the molecule is O=C=c1cccc/c1=C/Cl. The second-order valence-electron chi connectivity index (χ2n) is 1.80. The van der Waals surface area contributed by atoms with Crippen molar-refractivity contribution in [2.24, 2.45) is 0 Å². The van der Waals surface area contributed by atoms with Crippen LogP contribution in [0.25, 0.3) is 5.54 Å². The van der Waals surface area contributed by atoms with Crippen molar-refractivity contribution in [1.82, 2.24) is 0 Å². The lowest BCUT2D eigenvalue weighted by atomic mass is 10.3. The molecule has 1 aromatic carbocycles. The van der Waals surface area contributed by atoms with E-state index in [1.807, 2.05) is 6.07 Å². The molecular weight excluding hydrogens is 148 g/mol. The Labute approximate surface area is 63.2 Å². The van der Waals surface area contributed by atoms with Gasteiger partial charge in [0, 0.05) is 10.8 Å². The number of benzene rings is 1. The summed E-state index contributed by atoms with van der Waals surface area (Å²) in [5, 5.41) is 1.21. The summed E-state index contributed by atoms with van der Waals surface area (Å²) in [7, 11) is 0. The quantitative estimate of drug-likeness (QED) is 0.518. The first-order chi connectivity index (χ1) is 4.88. The maximum atomic E-state index is 10.2. The number of halogens is 1. The topological polar surface area (TPSA) is 17.1 Å². The largest absolute Gasteiger partial charge is 0.233 e. The Morgan fingerprint density at radius 1 is 1.40 bits per heavy atom. The van der Waals surface area contributed by atoms with Crippen LogP contribution in [-0.4, -0.2) is 5.94 Å². The average Bonchev–Trinajstić information content (AvgIpc) is 2.04. The summed E-state index contributed by atoms with van der Waals surface area (Å²) in [6.45, 7) is 0. The number of rotatable bonds is 0. The molecule has 0 aliphatic heterocycles. The summed E-state index contributed by atoms with van der Waals surface area (Å²) in [6, 6.07) is 7.01. The molecule has 0 unspecified atom stereocenters. The van der Waals surface area contributed by atoms with Crippen molar-refractivity contribution >= 4 is 23.1 Å². The van der Waals surface area contributed by atoms with Crippen molar-refractivity contribution in [3.05, 3.63) is 34.7 Å². The third-order valence-corrected chi connectivity index (χ3v) is 1.42. The van der Waals surface area contributed by atoms with Crippen LogP contribution in [0.15, 0.2) is 24.3 Å². The lowest BCUT2D eigenvalue weighted by Gasteiger charge is -1.80. The van der Waals surface area contributed by atoms with Gasteiger partial charge in [-0.15, -0.1) is 0 Å². The predicted octanol–water partition coefficient (Wildman–Crippen LogP) is 0.167. The maximum absolute atomic E-state index is 10.2. The first-order valence-corrected chi connectivity index (χ1v) is 3.22. The van der Waals surface area contributed by atoms with Gasteiger partial charge in [0.25, 0.3) is 0 Å². The smallest absolute Gasteiger partial charge is 0.133 e. The second-order valence-corrected chi connectivity index (χ2v) is 2.02. The molecule has 50 valence electrons. The standard InChI is InChI=1S/C8H5ClO/c9-5-7-3-1-2-4-8(7)6-10/h1-5H/b7-5-. The van der Waals surface area contributed by atoms with Gasteiger partial charge in [0.05, 0.1) is 5.22 Å². The molecular formula is C8H5ClO. The number of carbonyl (C=O) groups excluding carboxylic acids is 1. The van der Waals surface area contributed by atoms with E-state index in [0.717, 1.165) is 0 Å². The van der Waals surface area contributed by atoms with Gasteiger partial charge in [-0.25, -0.2) is 4.79 Å². The summed E-state index contributed by atoms with van der Waals surface area (Å²) < 4.78 is 0. The van der Waals surface area contributed by atoms with Gasteiger partial charge in [-0.2, -0.15) is 0 Å². The first kappa shape index (κ1) is 7.07. The van der Waals surface area contributed by atoms with Crippen molar-refractivity contribution in [2.45, 2.75) is 0 Å². The minimum Gasteiger partial charge on any atom is -0.233 e. The summed E-state index contributed by atoms with van der Waals surface area (Å²) >= 11 is 5.41. The summed E-state index contributed by atoms with van der Waals surface area (Å²) in [4.78, 5) is 10.2. The van der Waals surface area contributed by atoms with E-state index in [1.165, 1.54) is 5.54 Å². The Kier molecular flexibility index (Phi) is 2.27. The highest BCUT2D eigenvalue weighted by Crippen LogP contribution is 1.73. The Balaban J connectivity index is 3.70. The van der Waals surface area contributed by atoms with E-state index in [1.54, 1.807) is 24.1 Å². The molecule has 0 saturated heterocycles. The molecule has 0 amide bonds. The number of hydrogen-bond donors (Lipinski definition) is 0. The zero-order chi connectivity index (χ0) is 7.40. The highest BCUT2D eigenvalue weighted by Gasteiger charge is 1.79. The zero-order valence-electron chi connectivity index (χ0n) is 5.17. The second kappa shape index (κ2) is 3.21. The van der Waals surface area contributed by atoms with Crippen LogP contribution < -0.4 is 10.4 Å². The fraction of sp³-hybridized carbons (Fsp3) is 0. The van der Waals surface area contributed by atoms with Crippen molar-refractivity contribution in [1.29, 1.82) is 0 Å². The van der Waals surface area contributed by atoms with Gasteiger partial charge >= 0.3 is 0 Å². The maximum Gasteiger partial charge on any atom is 0.133 e. The molecule has 1 rings (SSSR count). The minimum atomic E-state index is 0.498. The van der Waals surface area contributed by atoms with Crippen LogP contribution in [0.1, 0.15) is 0 Å². The fourth-order valence-corrected chi connectivity index (χ4v) is 0.875. The van der Waals surface area contributed by atoms with Crippen LogP contribution in [0.5, 0.6) is 0 Å². The van der Waals surface area contributed by atoms with Gasteiger partial charge in [-0.3, -0.25) is 0 Å². The molecule has 0 heterocycles. The Bertz CT molecular complexity index is 350. The molecule has 0 radical (unpaired) electrons. The van der Waals surface area contributed by atoms with Gasteiger partial charge in [0.15, 0.2) is 0 Å². The average molecular weight is 153 g/mol. The van der Waals surface area contributed by atoms with E-state index in [9.17, 15) is 4.79 Å². The third kappa shape index (κ3) is 1.27. The van der Waals surface area contributed by atoms with Crippen LogP contribution in [0, 0.1) is 0 Å². The van der Waals surface area contributed by atoms with E-state index in [4.69, 9.17) is 11.6 Å². The lowest BCUT2D eigenvalue weighted by molar-refractivity contribution is 0.567. The van der Waals surface area contributed by atoms with Gasteiger partial charge in [-0.05, 0) is 6.07 Å². The highest BCUT2D eigenvalue weighted by molar-refractivity contribution is 6.38. The number of hydrogen-bond acceptors (Lipinski definition) is 1. The molecule has 0 fully saturated rings. The summed E-state index contributed by atoms with van der Waals surface area (Å²) in [6.07, 6.45) is 0. The van der Waals surface area contributed by atoms with Crippen LogP contribution in [-0.2, 0) is 4.79 Å². The molecule has 1 aromatic rings. The molecule has 0 aromatic heterocycles. The molecule has 10 heavy (non-hydrogen) atoms. The van der Waals surface area contributed by atoms with E-state index >= 15 is 0 Å². The molecule has 0 spiro atoms. The zero-order valence-corrected chi connectivity index (χ0v) is 5.93. The lowest BCUT2D eigenvalue weighted by Crippen LogP contribution is -2.23. The van der Waals surface area contributed by atoms with Crippen LogP contribution in [0.2, 0.25) is 0 Å². The van der Waals surface area contributed by atoms with E-state index < -0.39 is 0 Å². The van der Waals surface area contributed by atoms with Crippen molar-refractivity contribution in [2.75, 3.05) is 0 Å². The summed E-state index contributed by atoms with van der Waals surface area (Å²) in [5.74, 6) is 1.78. The van der Waals surface area contributed by atoms with Crippen LogP contribution >= 0.6 is 11.6 Å². The molecule has 1 nitrogen and oxygen atoms in total. The van der Waals surface area contributed by atoms with Crippen molar-refractivity contribution < 1.29 is 4.79 Å². The van der Waals surface area contributed by atoms with Crippen molar-refractivity contribution in [3.8, 4) is 0 Å². The van der Waals surface area contributed by atoms with Gasteiger partial charge in [0.2, 0.25) is 0 Å². The van der Waals surface area contributed by atoms with E-state index in [0.29, 0.717) is 10.4 Å². The Morgan fingerprint density at radius 2 is 2.10 bits per heavy atom. The molecule has 0 saturated carbocycles. The molecule has 0 N–H and O–H groups in total. The normalized spacial score (nSPS) is 11.1. The Morgan fingerprint density at radius 3 is 2.60 bits per heavy atom. The van der Waals surface area contributed by atoms with E-state index in [-0.39, 0.29) is 0 Å². The predicted molar refractivity (Wildman–Crippen MR) is 40.8 cm³/mol. The Hall–Kier alpha value is -1.04. The van der Waals surface area contributed by atoms with Gasteiger partial charge in [-0.1, -0.05) is 29.8 Å². The van der Waals surface area contributed by atoms with Crippen LogP contribution in [0.3, 0.4) is 0 Å². The van der Waals surface area contributed by atoms with E-state index in [2.05, 4.69) is 0 Å². The van der Waals surface area contributed by atoms with Gasteiger partial charge in [0.1, 0.15) is 5.94 Å². The minimum absolute atomic E-state index is 0.498. The molecule has 0 aliphatic carbocycles. The summed E-state index contributed by atoms with van der Waals surface area (Å²) in [5.41, 5.74) is 1.36. The molecule has 0 aliphatic rings. The van der Waals surface area contributed by atoms with Crippen molar-refractivity contribution in [3.63, 3.8) is 0 Å².